The molecule has 212 valence electrons. The van der Waals surface area contributed by atoms with Crippen LogP contribution >= 0.6 is 7.82 Å². The summed E-state index contributed by atoms with van der Waals surface area (Å²) in [5.74, 6) is 0.569. The van der Waals surface area contributed by atoms with Crippen molar-refractivity contribution in [1.29, 1.82) is 0 Å². The van der Waals surface area contributed by atoms with Crippen LogP contribution in [0.2, 0.25) is 0 Å². The lowest BCUT2D eigenvalue weighted by Crippen LogP contribution is -2.40. The number of carbonyl (C=O) groups is 1. The van der Waals surface area contributed by atoms with Crippen molar-refractivity contribution in [2.75, 3.05) is 13.2 Å². The van der Waals surface area contributed by atoms with Crippen LogP contribution < -0.4 is 19.8 Å². The largest absolute Gasteiger partial charge is 0.790 e. The highest BCUT2D eigenvalue weighted by Gasteiger charge is 2.14. The van der Waals surface area contributed by atoms with Crippen molar-refractivity contribution in [2.45, 2.75) is 116 Å². The van der Waals surface area contributed by atoms with Crippen LogP contribution in [0.4, 0.5) is 0 Å². The van der Waals surface area contributed by atoms with Crippen molar-refractivity contribution in [2.24, 2.45) is 0 Å². The van der Waals surface area contributed by atoms with Gasteiger partial charge in [-0.3, -0.25) is 4.79 Å². The molecule has 0 aromatic heterocycles. The SMILES string of the molecule is CCCCCCCC/C=C\CCCCCCCC(=O)N[C@@H](COP(=O)([O-])[O-])Cc1ccc(OCC)cc1. The van der Waals surface area contributed by atoms with Gasteiger partial charge < -0.3 is 28.9 Å². The maximum atomic E-state index is 12.4. The fourth-order valence-corrected chi connectivity index (χ4v) is 4.52. The number of nitrogens with one attached hydrogen (secondary N) is 1. The summed E-state index contributed by atoms with van der Waals surface area (Å²) in [7, 11) is -5.11. The first-order valence-electron chi connectivity index (χ1n) is 14.2. The third-order valence-corrected chi connectivity index (χ3v) is 6.65. The van der Waals surface area contributed by atoms with Gasteiger partial charge >= 0.3 is 0 Å². The fraction of sp³-hybridized carbons (Fsp3) is 0.690. The maximum Gasteiger partial charge on any atom is 0.220 e. The third kappa shape index (κ3) is 20.0. The van der Waals surface area contributed by atoms with Gasteiger partial charge in [-0.1, -0.05) is 82.6 Å². The van der Waals surface area contributed by atoms with Crippen LogP contribution in [0.5, 0.6) is 5.75 Å². The van der Waals surface area contributed by atoms with E-state index in [1.807, 2.05) is 31.2 Å². The van der Waals surface area contributed by atoms with Crippen molar-refractivity contribution in [3.8, 4) is 5.75 Å². The number of phosphoric acid groups is 1. The molecule has 0 fully saturated rings. The molecule has 8 heteroatoms. The number of hydrogen-bond acceptors (Lipinski definition) is 6. The van der Waals surface area contributed by atoms with E-state index < -0.39 is 13.9 Å². The number of allylic oxidation sites excluding steroid dienone is 2. The lowest BCUT2D eigenvalue weighted by molar-refractivity contribution is -0.342. The van der Waals surface area contributed by atoms with E-state index >= 15 is 0 Å². The van der Waals surface area contributed by atoms with Crippen LogP contribution in [-0.2, 0) is 20.3 Å². The van der Waals surface area contributed by atoms with Gasteiger partial charge in [0.15, 0.2) is 0 Å². The quantitative estimate of drug-likeness (QED) is 0.104. The van der Waals surface area contributed by atoms with Gasteiger partial charge in [-0.25, -0.2) is 0 Å². The molecular formula is C29H48NO6P-2. The number of unbranched alkanes of at least 4 members (excludes halogenated alkanes) is 11. The van der Waals surface area contributed by atoms with Crippen LogP contribution in [0, 0.1) is 0 Å². The minimum Gasteiger partial charge on any atom is -0.790 e. The number of phosphoric ester groups is 1. The first-order valence-corrected chi connectivity index (χ1v) is 15.6. The van der Waals surface area contributed by atoms with Gasteiger partial charge in [0.05, 0.1) is 27.1 Å². The first kappa shape index (κ1) is 33.4. The van der Waals surface area contributed by atoms with Crippen molar-refractivity contribution in [1.82, 2.24) is 5.32 Å². The Hall–Kier alpha value is -1.66. The molecule has 0 saturated carbocycles. The highest BCUT2D eigenvalue weighted by molar-refractivity contribution is 7.43. The average molecular weight is 538 g/mol. The summed E-state index contributed by atoms with van der Waals surface area (Å²) < 4.78 is 20.8. The summed E-state index contributed by atoms with van der Waals surface area (Å²) in [5.41, 5.74) is 0.880. The van der Waals surface area contributed by atoms with E-state index in [9.17, 15) is 19.1 Å². The minimum atomic E-state index is -5.11. The highest BCUT2D eigenvalue weighted by atomic mass is 31.2. The Bertz CT molecular complexity index is 777. The second-order valence-corrected chi connectivity index (χ2v) is 10.8. The summed E-state index contributed by atoms with van der Waals surface area (Å²) in [6.07, 6.45) is 20.8. The zero-order valence-corrected chi connectivity index (χ0v) is 23.9. The Labute approximate surface area is 224 Å². The molecule has 0 spiro atoms. The molecule has 0 unspecified atom stereocenters. The van der Waals surface area contributed by atoms with E-state index in [2.05, 4.69) is 28.9 Å². The normalized spacial score (nSPS) is 12.6. The Morgan fingerprint density at radius 3 is 2.03 bits per heavy atom. The smallest absolute Gasteiger partial charge is 0.220 e. The maximum absolute atomic E-state index is 12.4. The predicted molar refractivity (Wildman–Crippen MR) is 146 cm³/mol. The number of benzene rings is 1. The molecule has 7 nitrogen and oxygen atoms in total. The first-order chi connectivity index (χ1) is 17.8. The molecule has 37 heavy (non-hydrogen) atoms. The zero-order chi connectivity index (χ0) is 27.2. The van der Waals surface area contributed by atoms with Crippen molar-refractivity contribution in [3.63, 3.8) is 0 Å². The molecule has 0 bridgehead atoms. The van der Waals surface area contributed by atoms with Gasteiger partial charge in [0.2, 0.25) is 5.91 Å². The van der Waals surface area contributed by atoms with Gasteiger partial charge in [-0.05, 0) is 63.1 Å². The molecule has 0 aliphatic rings. The van der Waals surface area contributed by atoms with E-state index in [1.54, 1.807) is 0 Å². The van der Waals surface area contributed by atoms with Crippen LogP contribution in [0.15, 0.2) is 36.4 Å². The van der Waals surface area contributed by atoms with Crippen LogP contribution in [-0.4, -0.2) is 25.2 Å². The lowest BCUT2D eigenvalue weighted by atomic mass is 10.1. The van der Waals surface area contributed by atoms with Crippen molar-refractivity contribution >= 4 is 13.7 Å². The molecular weight excluding hydrogens is 489 g/mol. The highest BCUT2D eigenvalue weighted by Crippen LogP contribution is 2.25. The van der Waals surface area contributed by atoms with Gasteiger partial charge in [-0.2, -0.15) is 0 Å². The number of ether oxygens (including phenoxy) is 1. The van der Waals surface area contributed by atoms with E-state index in [4.69, 9.17) is 4.74 Å². The second-order valence-electron chi connectivity index (χ2n) is 9.62. The Balaban J connectivity index is 2.22. The summed E-state index contributed by atoms with van der Waals surface area (Å²) in [4.78, 5) is 34.3. The summed E-state index contributed by atoms with van der Waals surface area (Å²) >= 11 is 0. The molecule has 1 aromatic rings. The molecule has 1 N–H and O–H groups in total. The zero-order valence-electron chi connectivity index (χ0n) is 23.0. The molecule has 1 aromatic carbocycles. The lowest BCUT2D eigenvalue weighted by Gasteiger charge is -2.31. The molecule has 1 atom stereocenters. The molecule has 0 heterocycles. The fourth-order valence-electron chi connectivity index (χ4n) is 4.16. The average Bonchev–Trinajstić information content (AvgIpc) is 2.86. The number of amides is 1. The molecule has 1 rings (SSSR count). The Morgan fingerprint density at radius 2 is 1.46 bits per heavy atom. The van der Waals surface area contributed by atoms with Gasteiger partial charge in [0, 0.05) is 6.42 Å². The Kier molecular flexibility index (Phi) is 19.2. The van der Waals surface area contributed by atoms with Crippen LogP contribution in [0.25, 0.3) is 0 Å². The number of hydrogen-bond donors (Lipinski definition) is 1. The predicted octanol–water partition coefficient (Wildman–Crippen LogP) is 6.00. The van der Waals surface area contributed by atoms with E-state index in [0.717, 1.165) is 43.4 Å². The van der Waals surface area contributed by atoms with Crippen molar-refractivity contribution < 1.29 is 28.4 Å². The van der Waals surface area contributed by atoms with Gasteiger partial charge in [-0.15, -0.1) is 0 Å². The van der Waals surface area contributed by atoms with Crippen LogP contribution in [0.3, 0.4) is 0 Å². The number of carbonyl (C=O) groups excluding carboxylic acids is 1. The minimum absolute atomic E-state index is 0.163. The second kappa shape index (κ2) is 21.3. The topological polar surface area (TPSA) is 111 Å². The molecule has 0 aliphatic heterocycles. The molecule has 0 aliphatic carbocycles. The summed E-state index contributed by atoms with van der Waals surface area (Å²) in [5, 5.41) is 2.82. The summed E-state index contributed by atoms with van der Waals surface area (Å²) in [6, 6.07) is 6.72. The molecule has 1 amide bonds. The monoisotopic (exact) mass is 537 g/mol. The van der Waals surface area contributed by atoms with Gasteiger partial charge in [0.25, 0.3) is 0 Å². The Morgan fingerprint density at radius 1 is 0.892 bits per heavy atom. The van der Waals surface area contributed by atoms with Crippen LogP contribution in [0.1, 0.15) is 109 Å². The van der Waals surface area contributed by atoms with E-state index in [1.165, 1.54) is 51.4 Å². The van der Waals surface area contributed by atoms with Crippen molar-refractivity contribution in [3.05, 3.63) is 42.0 Å². The molecule has 0 radical (unpaired) electrons. The van der Waals surface area contributed by atoms with Gasteiger partial charge in [0.1, 0.15) is 5.75 Å². The number of rotatable bonds is 23. The third-order valence-electron chi connectivity index (χ3n) is 6.18. The van der Waals surface area contributed by atoms with E-state index in [0.29, 0.717) is 19.4 Å². The standard InChI is InChI=1S/C29H50NO6P/c1-3-5-6-7-8-9-10-11-12-13-14-15-16-17-18-19-29(31)30-27(25-36-37(32,33)34)24-26-20-22-28(23-21-26)35-4-2/h11-12,20-23,27H,3-10,13-19,24-25H2,1-2H3,(H,30,31)(H2,32,33,34)/p-2/b12-11-/t27-/m1/s1. The van der Waals surface area contributed by atoms with E-state index in [-0.39, 0.29) is 12.5 Å². The molecule has 0 saturated heterocycles. The summed E-state index contributed by atoms with van der Waals surface area (Å²) in [6.45, 7) is 4.33.